The van der Waals surface area contributed by atoms with Gasteiger partial charge in [0.05, 0.1) is 0 Å². The molecule has 0 aliphatic carbocycles. The molecule has 5 heteroatoms. The van der Waals surface area contributed by atoms with E-state index in [1.54, 1.807) is 0 Å². The molecule has 0 aromatic carbocycles. The molecule has 0 radical (unpaired) electrons. The zero-order valence-corrected chi connectivity index (χ0v) is 10.7. The molecule has 2 aromatic heterocycles. The second-order valence-electron chi connectivity index (χ2n) is 4.82. The standard InChI is InChI=1S/C13H17N5/c1-9-7-12(17-10(2)16-9)18-6-3-11(8-18)13-14-4-5-15-13/h4-5,7,11H,3,6,8H2,1-2H3,(H,14,15). The number of aromatic amines is 1. The van der Waals surface area contributed by atoms with Crippen molar-refractivity contribution in [3.8, 4) is 0 Å². The van der Waals surface area contributed by atoms with E-state index in [4.69, 9.17) is 0 Å². The number of rotatable bonds is 2. The number of nitrogens with zero attached hydrogens (tertiary/aromatic N) is 4. The van der Waals surface area contributed by atoms with E-state index < -0.39 is 0 Å². The zero-order valence-electron chi connectivity index (χ0n) is 10.7. The van der Waals surface area contributed by atoms with Crippen molar-refractivity contribution in [2.45, 2.75) is 26.2 Å². The lowest BCUT2D eigenvalue weighted by molar-refractivity contribution is 0.722. The van der Waals surface area contributed by atoms with Gasteiger partial charge in [0, 0.05) is 43.2 Å². The molecule has 1 saturated heterocycles. The van der Waals surface area contributed by atoms with Gasteiger partial charge in [-0.1, -0.05) is 0 Å². The Morgan fingerprint density at radius 1 is 1.33 bits per heavy atom. The van der Waals surface area contributed by atoms with Gasteiger partial charge in [-0.25, -0.2) is 15.0 Å². The average molecular weight is 243 g/mol. The van der Waals surface area contributed by atoms with Crippen LogP contribution in [0.4, 0.5) is 5.82 Å². The summed E-state index contributed by atoms with van der Waals surface area (Å²) in [7, 11) is 0. The van der Waals surface area contributed by atoms with Crippen molar-refractivity contribution in [2.24, 2.45) is 0 Å². The van der Waals surface area contributed by atoms with E-state index in [2.05, 4.69) is 30.9 Å². The van der Waals surface area contributed by atoms with Gasteiger partial charge in [-0.15, -0.1) is 0 Å². The van der Waals surface area contributed by atoms with Gasteiger partial charge in [-0.3, -0.25) is 0 Å². The van der Waals surface area contributed by atoms with Crippen molar-refractivity contribution in [3.63, 3.8) is 0 Å². The van der Waals surface area contributed by atoms with E-state index in [1.807, 2.05) is 26.2 Å². The maximum atomic E-state index is 4.52. The first-order valence-corrected chi connectivity index (χ1v) is 6.29. The molecule has 3 rings (SSSR count). The molecule has 5 nitrogen and oxygen atoms in total. The molecule has 0 saturated carbocycles. The van der Waals surface area contributed by atoms with Crippen LogP contribution in [0, 0.1) is 13.8 Å². The van der Waals surface area contributed by atoms with Gasteiger partial charge in [0.15, 0.2) is 0 Å². The summed E-state index contributed by atoms with van der Waals surface area (Å²) in [6.45, 7) is 5.96. The number of imidazole rings is 1. The summed E-state index contributed by atoms with van der Waals surface area (Å²) in [6, 6.07) is 2.05. The molecule has 1 fully saturated rings. The summed E-state index contributed by atoms with van der Waals surface area (Å²) >= 11 is 0. The summed E-state index contributed by atoms with van der Waals surface area (Å²) in [4.78, 5) is 18.7. The third-order valence-electron chi connectivity index (χ3n) is 3.37. The van der Waals surface area contributed by atoms with Gasteiger partial charge in [0.2, 0.25) is 0 Å². The molecule has 94 valence electrons. The summed E-state index contributed by atoms with van der Waals surface area (Å²) in [5.74, 6) is 3.44. The quantitative estimate of drug-likeness (QED) is 0.874. The van der Waals surface area contributed by atoms with Crippen LogP contribution in [0.15, 0.2) is 18.5 Å². The first-order valence-electron chi connectivity index (χ1n) is 6.29. The van der Waals surface area contributed by atoms with E-state index in [0.717, 1.165) is 42.7 Å². The molecule has 0 amide bonds. The number of aryl methyl sites for hydroxylation is 2. The van der Waals surface area contributed by atoms with Crippen molar-refractivity contribution in [3.05, 3.63) is 35.8 Å². The fourth-order valence-corrected chi connectivity index (χ4v) is 2.55. The number of aromatic nitrogens is 4. The first-order chi connectivity index (χ1) is 8.72. The topological polar surface area (TPSA) is 57.7 Å². The summed E-state index contributed by atoms with van der Waals surface area (Å²) < 4.78 is 0. The Morgan fingerprint density at radius 2 is 2.22 bits per heavy atom. The van der Waals surface area contributed by atoms with Crippen LogP contribution >= 0.6 is 0 Å². The Labute approximate surface area is 106 Å². The van der Waals surface area contributed by atoms with E-state index in [0.29, 0.717) is 5.92 Å². The largest absolute Gasteiger partial charge is 0.356 e. The molecule has 0 bridgehead atoms. The smallest absolute Gasteiger partial charge is 0.132 e. The zero-order chi connectivity index (χ0) is 12.5. The molecule has 3 heterocycles. The highest BCUT2D eigenvalue weighted by Crippen LogP contribution is 2.28. The van der Waals surface area contributed by atoms with Crippen LogP contribution in [0.5, 0.6) is 0 Å². The van der Waals surface area contributed by atoms with Gasteiger partial charge >= 0.3 is 0 Å². The highest BCUT2D eigenvalue weighted by molar-refractivity contribution is 5.41. The molecule has 2 aromatic rings. The molecule has 1 aliphatic rings. The van der Waals surface area contributed by atoms with Gasteiger partial charge in [-0.2, -0.15) is 0 Å². The molecule has 18 heavy (non-hydrogen) atoms. The van der Waals surface area contributed by atoms with Crippen molar-refractivity contribution in [1.29, 1.82) is 0 Å². The second-order valence-corrected chi connectivity index (χ2v) is 4.82. The Hall–Kier alpha value is -1.91. The van der Waals surface area contributed by atoms with Gasteiger partial charge in [0.1, 0.15) is 17.5 Å². The second kappa shape index (κ2) is 4.40. The molecule has 1 atom stereocenters. The molecule has 0 spiro atoms. The van der Waals surface area contributed by atoms with Crippen LogP contribution < -0.4 is 4.90 Å². The molecule has 1 unspecified atom stereocenters. The minimum absolute atomic E-state index is 0.482. The summed E-state index contributed by atoms with van der Waals surface area (Å²) in [5, 5.41) is 0. The van der Waals surface area contributed by atoms with Gasteiger partial charge < -0.3 is 9.88 Å². The SMILES string of the molecule is Cc1cc(N2CCC(c3ncc[nH]3)C2)nc(C)n1. The highest BCUT2D eigenvalue weighted by atomic mass is 15.2. The van der Waals surface area contributed by atoms with Gasteiger partial charge in [-0.05, 0) is 20.3 Å². The van der Waals surface area contributed by atoms with Crippen LogP contribution in [-0.2, 0) is 0 Å². The Balaban J connectivity index is 1.79. The van der Waals surface area contributed by atoms with Crippen molar-refractivity contribution >= 4 is 5.82 Å². The third-order valence-corrected chi connectivity index (χ3v) is 3.37. The van der Waals surface area contributed by atoms with E-state index in [-0.39, 0.29) is 0 Å². The monoisotopic (exact) mass is 243 g/mol. The van der Waals surface area contributed by atoms with E-state index in [9.17, 15) is 0 Å². The van der Waals surface area contributed by atoms with Crippen molar-refractivity contribution in [1.82, 2.24) is 19.9 Å². The minimum Gasteiger partial charge on any atom is -0.356 e. The van der Waals surface area contributed by atoms with Crippen LogP contribution in [-0.4, -0.2) is 33.0 Å². The lowest BCUT2D eigenvalue weighted by Crippen LogP contribution is -2.21. The maximum absolute atomic E-state index is 4.52. The fraction of sp³-hybridized carbons (Fsp3) is 0.462. The predicted molar refractivity (Wildman–Crippen MR) is 69.7 cm³/mol. The number of hydrogen-bond donors (Lipinski definition) is 1. The number of hydrogen-bond acceptors (Lipinski definition) is 4. The predicted octanol–water partition coefficient (Wildman–Crippen LogP) is 1.81. The summed E-state index contributed by atoms with van der Waals surface area (Å²) in [6.07, 6.45) is 4.82. The van der Waals surface area contributed by atoms with Gasteiger partial charge in [0.25, 0.3) is 0 Å². The van der Waals surface area contributed by atoms with Crippen LogP contribution in [0.25, 0.3) is 0 Å². The normalized spacial score (nSPS) is 19.4. The molecule has 1 N–H and O–H groups in total. The highest BCUT2D eigenvalue weighted by Gasteiger charge is 2.26. The number of anilines is 1. The Kier molecular flexibility index (Phi) is 2.74. The maximum Gasteiger partial charge on any atom is 0.132 e. The Morgan fingerprint density at radius 3 is 2.94 bits per heavy atom. The summed E-state index contributed by atoms with van der Waals surface area (Å²) in [5.41, 5.74) is 1.03. The van der Waals surface area contributed by atoms with Crippen LogP contribution in [0.1, 0.15) is 29.7 Å². The fourth-order valence-electron chi connectivity index (χ4n) is 2.55. The Bertz CT molecular complexity index is 514. The van der Waals surface area contributed by atoms with Crippen molar-refractivity contribution in [2.75, 3.05) is 18.0 Å². The van der Waals surface area contributed by atoms with Crippen LogP contribution in [0.3, 0.4) is 0 Å². The molecular formula is C13H17N5. The first kappa shape index (κ1) is 11.2. The molecule has 1 aliphatic heterocycles. The van der Waals surface area contributed by atoms with E-state index >= 15 is 0 Å². The lowest BCUT2D eigenvalue weighted by atomic mass is 10.1. The van der Waals surface area contributed by atoms with E-state index in [1.165, 1.54) is 0 Å². The molecular weight excluding hydrogens is 226 g/mol. The lowest BCUT2D eigenvalue weighted by Gasteiger charge is -2.17. The number of H-pyrrole nitrogens is 1. The van der Waals surface area contributed by atoms with Crippen molar-refractivity contribution < 1.29 is 0 Å². The number of nitrogens with one attached hydrogen (secondary N) is 1. The van der Waals surface area contributed by atoms with Crippen LogP contribution in [0.2, 0.25) is 0 Å². The minimum atomic E-state index is 0.482. The third kappa shape index (κ3) is 2.08. The average Bonchev–Trinajstić information content (AvgIpc) is 2.99.